The first-order valence-corrected chi connectivity index (χ1v) is 12.0. The zero-order valence-corrected chi connectivity index (χ0v) is 21.0. The average Bonchev–Trinajstić information content (AvgIpc) is 3.37. The van der Waals surface area contributed by atoms with Gasteiger partial charge in [-0.2, -0.15) is 23.5 Å². The Morgan fingerprint density at radius 3 is 2.64 bits per heavy atom. The van der Waals surface area contributed by atoms with E-state index in [0.717, 1.165) is 28.4 Å². The van der Waals surface area contributed by atoms with Gasteiger partial charge in [0, 0.05) is 28.7 Å². The molecule has 0 N–H and O–H groups in total. The summed E-state index contributed by atoms with van der Waals surface area (Å²) in [7, 11) is 1.35. The fraction of sp³-hybridized carbons (Fsp3) is 0.360. The van der Waals surface area contributed by atoms with E-state index in [2.05, 4.69) is 15.1 Å². The van der Waals surface area contributed by atoms with Gasteiger partial charge in [0.2, 0.25) is 0 Å². The first kappa shape index (κ1) is 27.0. The number of nitrogens with zero attached hydrogens (tertiary/aromatic N) is 6. The van der Waals surface area contributed by atoms with E-state index in [1.165, 1.54) is 13.2 Å². The van der Waals surface area contributed by atoms with E-state index in [0.29, 0.717) is 0 Å². The van der Waals surface area contributed by atoms with Gasteiger partial charge in [0.1, 0.15) is 30.5 Å². The van der Waals surface area contributed by atoms with Gasteiger partial charge in [0.15, 0.2) is 12.0 Å². The van der Waals surface area contributed by atoms with Crippen LogP contribution in [0.15, 0.2) is 59.7 Å². The molecule has 2 saturated heterocycles. The van der Waals surface area contributed by atoms with Gasteiger partial charge in [0.05, 0.1) is 29.6 Å². The molecule has 2 fully saturated rings. The van der Waals surface area contributed by atoms with E-state index in [-0.39, 0.29) is 23.0 Å². The smallest absolute Gasteiger partial charge is 0.378 e. The van der Waals surface area contributed by atoms with Gasteiger partial charge in [-0.15, -0.1) is 0 Å². The molecule has 0 aliphatic carbocycles. The molecule has 14 heteroatoms. The number of alkyl halides is 3. The van der Waals surface area contributed by atoms with Crippen LogP contribution >= 0.6 is 11.6 Å². The van der Waals surface area contributed by atoms with E-state index >= 15 is 0 Å². The summed E-state index contributed by atoms with van der Waals surface area (Å²) in [5.41, 5.74) is 8.57. The number of hydrogen-bond acceptors (Lipinski definition) is 7. The lowest BCUT2D eigenvalue weighted by atomic mass is 9.90. The molecule has 0 spiro atoms. The van der Waals surface area contributed by atoms with E-state index < -0.39 is 54.2 Å². The van der Waals surface area contributed by atoms with Crippen LogP contribution in [0.1, 0.15) is 34.9 Å². The maximum Gasteiger partial charge on any atom is 0.418 e. The Bertz CT molecular complexity index is 1440. The maximum atomic E-state index is 13.9. The lowest BCUT2D eigenvalue weighted by Crippen LogP contribution is -2.59. The topological polar surface area (TPSA) is 127 Å². The number of fused-ring (bicyclic) bond motifs is 1. The second-order valence-electron chi connectivity index (χ2n) is 8.80. The molecule has 1 aromatic heterocycles. The molecule has 0 amide bonds. The fourth-order valence-electron chi connectivity index (χ4n) is 4.84. The lowest BCUT2D eigenvalue weighted by Gasteiger charge is -2.48. The summed E-state index contributed by atoms with van der Waals surface area (Å²) in [4.78, 5) is 2.96. The van der Waals surface area contributed by atoms with Crippen molar-refractivity contribution >= 4 is 11.6 Å². The molecule has 1 unspecified atom stereocenters. The highest BCUT2D eigenvalue weighted by Crippen LogP contribution is 2.43. The van der Waals surface area contributed by atoms with Crippen LogP contribution in [0.3, 0.4) is 0 Å². The van der Waals surface area contributed by atoms with Crippen molar-refractivity contribution in [3.05, 3.63) is 92.6 Å². The maximum absolute atomic E-state index is 13.9. The highest BCUT2D eigenvalue weighted by molar-refractivity contribution is 6.30. The molecular formula is C25H20ClF3N6O4. The van der Waals surface area contributed by atoms with E-state index in [1.807, 2.05) is 36.4 Å². The molecule has 202 valence electrons. The molecule has 39 heavy (non-hydrogen) atoms. The van der Waals surface area contributed by atoms with Gasteiger partial charge in [-0.05, 0) is 23.7 Å². The lowest BCUT2D eigenvalue weighted by molar-refractivity contribution is -0.310. The molecular weight excluding hydrogens is 541 g/mol. The highest BCUT2D eigenvalue weighted by Gasteiger charge is 2.51. The minimum atomic E-state index is -4.75. The van der Waals surface area contributed by atoms with E-state index in [1.54, 1.807) is 0 Å². The quantitative estimate of drug-likeness (QED) is 0.225. The van der Waals surface area contributed by atoms with Gasteiger partial charge in [0.25, 0.3) is 0 Å². The predicted molar refractivity (Wildman–Crippen MR) is 130 cm³/mol. The number of ether oxygens (including phenoxy) is 4. The third kappa shape index (κ3) is 5.18. The summed E-state index contributed by atoms with van der Waals surface area (Å²) in [6, 6.07) is 14.3. The number of nitriles is 1. The van der Waals surface area contributed by atoms with E-state index in [9.17, 15) is 24.0 Å². The molecule has 5 rings (SSSR count). The average molecular weight is 561 g/mol. The monoisotopic (exact) mass is 560 g/mol. The van der Waals surface area contributed by atoms with Crippen molar-refractivity contribution in [2.45, 2.75) is 42.9 Å². The van der Waals surface area contributed by atoms with Crippen LogP contribution in [0, 0.1) is 11.3 Å². The number of aromatic nitrogens is 2. The molecule has 3 heterocycles. The van der Waals surface area contributed by atoms with E-state index in [4.69, 9.17) is 30.5 Å². The Balaban J connectivity index is 1.58. The standard InChI is InChI=1S/C25H20ClF3N6O4/c1-36-23-20(32-34-31)22-19(12-37-24(39-22)13-5-3-2-4-6-13)38-21(23)18-10-15(11-30)33-35(18)17-9-14(26)7-8-16(17)25(27,28)29/h2-10,19-24H,12H2,1H3/t19-,20+,21+,22+,23-,24?/m1/s1. The van der Waals surface area contributed by atoms with Gasteiger partial charge in [-0.1, -0.05) is 47.0 Å². The number of hydrogen-bond donors (Lipinski definition) is 0. The van der Waals surface area contributed by atoms with Crippen LogP contribution in [0.4, 0.5) is 13.2 Å². The molecule has 6 atom stereocenters. The highest BCUT2D eigenvalue weighted by atomic mass is 35.5. The molecule has 3 aromatic rings. The van der Waals surface area contributed by atoms with Gasteiger partial charge in [-0.3, -0.25) is 0 Å². The first-order valence-electron chi connectivity index (χ1n) is 11.7. The van der Waals surface area contributed by atoms with Crippen molar-refractivity contribution in [1.82, 2.24) is 9.78 Å². The van der Waals surface area contributed by atoms with Crippen molar-refractivity contribution in [2.75, 3.05) is 13.7 Å². The molecule has 2 aromatic carbocycles. The molecule has 0 radical (unpaired) electrons. The van der Waals surface area contributed by atoms with Crippen molar-refractivity contribution in [2.24, 2.45) is 5.11 Å². The predicted octanol–water partition coefficient (Wildman–Crippen LogP) is 5.66. The first-order chi connectivity index (χ1) is 18.7. The summed E-state index contributed by atoms with van der Waals surface area (Å²) < 4.78 is 66.7. The third-order valence-corrected chi connectivity index (χ3v) is 6.75. The number of benzene rings is 2. The summed E-state index contributed by atoms with van der Waals surface area (Å²) in [6.45, 7) is 0.0266. The Morgan fingerprint density at radius 2 is 1.97 bits per heavy atom. The minimum absolute atomic E-state index is 0.0266. The Hall–Kier alpha value is -3.63. The van der Waals surface area contributed by atoms with Crippen LogP contribution in [-0.2, 0) is 25.1 Å². The zero-order valence-electron chi connectivity index (χ0n) is 20.2. The largest absolute Gasteiger partial charge is 0.418 e. The molecule has 2 aliphatic heterocycles. The number of azide groups is 1. The summed E-state index contributed by atoms with van der Waals surface area (Å²) in [5, 5.41) is 17.6. The van der Waals surface area contributed by atoms with Crippen LogP contribution in [-0.4, -0.2) is 47.9 Å². The third-order valence-electron chi connectivity index (χ3n) is 6.52. The Labute approximate surface area is 225 Å². The normalized spacial score (nSPS) is 26.8. The number of methoxy groups -OCH3 is 1. The summed E-state index contributed by atoms with van der Waals surface area (Å²) in [6.07, 6.45) is -9.25. The molecule has 2 aliphatic rings. The molecule has 10 nitrogen and oxygen atoms in total. The second-order valence-corrected chi connectivity index (χ2v) is 9.24. The van der Waals surface area contributed by atoms with Crippen LogP contribution in [0.5, 0.6) is 0 Å². The Kier molecular flexibility index (Phi) is 7.51. The van der Waals surface area contributed by atoms with Gasteiger partial charge in [-0.25, -0.2) is 4.68 Å². The minimum Gasteiger partial charge on any atom is -0.378 e. The number of rotatable bonds is 5. The van der Waals surface area contributed by atoms with Crippen molar-refractivity contribution in [3.63, 3.8) is 0 Å². The van der Waals surface area contributed by atoms with Gasteiger partial charge >= 0.3 is 6.18 Å². The van der Waals surface area contributed by atoms with Crippen LogP contribution in [0.25, 0.3) is 16.1 Å². The van der Waals surface area contributed by atoms with Gasteiger partial charge < -0.3 is 18.9 Å². The molecule has 0 saturated carbocycles. The summed E-state index contributed by atoms with van der Waals surface area (Å²) in [5.74, 6) is 0. The SMILES string of the molecule is CO[C@@H]1[C@@H](N=[N+]=[N-])[C@H]2OC(c3ccccc3)OC[C@H]2O[C@H]1c1cc(C#N)nn1-c1cc(Cl)ccc1C(F)(F)F. The zero-order chi connectivity index (χ0) is 27.7. The molecule has 0 bridgehead atoms. The number of halogens is 4. The van der Waals surface area contributed by atoms with Crippen molar-refractivity contribution in [3.8, 4) is 11.8 Å². The van der Waals surface area contributed by atoms with Crippen LogP contribution in [0.2, 0.25) is 5.02 Å². The van der Waals surface area contributed by atoms with Crippen molar-refractivity contribution < 1.29 is 32.1 Å². The fourth-order valence-corrected chi connectivity index (χ4v) is 5.00. The van der Waals surface area contributed by atoms with Crippen molar-refractivity contribution in [1.29, 1.82) is 5.26 Å². The second kappa shape index (κ2) is 10.9. The van der Waals surface area contributed by atoms with Crippen LogP contribution < -0.4 is 0 Å². The Morgan fingerprint density at radius 1 is 1.21 bits per heavy atom. The summed E-state index contributed by atoms with van der Waals surface area (Å²) >= 11 is 6.05.